The molecule has 0 amide bonds. The highest BCUT2D eigenvalue weighted by molar-refractivity contribution is 9.10. The molecule has 0 radical (unpaired) electrons. The van der Waals surface area contributed by atoms with E-state index in [-0.39, 0.29) is 6.04 Å². The molecule has 0 saturated heterocycles. The molecule has 20 heavy (non-hydrogen) atoms. The van der Waals surface area contributed by atoms with Crippen LogP contribution in [-0.2, 0) is 12.8 Å². The lowest BCUT2D eigenvalue weighted by Gasteiger charge is -2.13. The summed E-state index contributed by atoms with van der Waals surface area (Å²) in [6.45, 7) is 2.22. The lowest BCUT2D eigenvalue weighted by Crippen LogP contribution is -2.13. The zero-order valence-electron chi connectivity index (χ0n) is 12.0. The van der Waals surface area contributed by atoms with Crippen molar-refractivity contribution in [3.8, 4) is 0 Å². The van der Waals surface area contributed by atoms with Crippen LogP contribution in [0.5, 0.6) is 0 Å². The smallest absolute Gasteiger partial charge is 0.0335 e. The highest BCUT2D eigenvalue weighted by Gasteiger charge is 2.07. The molecule has 0 saturated carbocycles. The number of halogens is 1. The lowest BCUT2D eigenvalue weighted by molar-refractivity contribution is 0.720. The van der Waals surface area contributed by atoms with Gasteiger partial charge in [-0.15, -0.1) is 0 Å². The summed E-state index contributed by atoms with van der Waals surface area (Å²) in [7, 11) is 0. The Labute approximate surface area is 130 Å². The van der Waals surface area contributed by atoms with Crippen molar-refractivity contribution in [3.05, 3.63) is 69.7 Å². The number of hydrogen-bond acceptors (Lipinski definition) is 1. The van der Waals surface area contributed by atoms with Gasteiger partial charge in [0.1, 0.15) is 0 Å². The second kappa shape index (κ2) is 7.61. The Morgan fingerprint density at radius 3 is 2.45 bits per heavy atom. The first-order chi connectivity index (χ1) is 9.69. The van der Waals surface area contributed by atoms with Crippen molar-refractivity contribution < 1.29 is 0 Å². The van der Waals surface area contributed by atoms with Gasteiger partial charge in [0.05, 0.1) is 0 Å². The van der Waals surface area contributed by atoms with Crippen molar-refractivity contribution in [1.82, 2.24) is 0 Å². The van der Waals surface area contributed by atoms with E-state index < -0.39 is 0 Å². The van der Waals surface area contributed by atoms with Crippen molar-refractivity contribution in [3.63, 3.8) is 0 Å². The Hall–Kier alpha value is -1.12. The van der Waals surface area contributed by atoms with Crippen molar-refractivity contribution in [1.29, 1.82) is 0 Å². The predicted octanol–water partition coefficient (Wildman–Crippen LogP) is 5.03. The molecule has 2 heteroatoms. The van der Waals surface area contributed by atoms with Crippen LogP contribution >= 0.6 is 15.9 Å². The molecular formula is C18H22BrN. The molecule has 2 rings (SSSR count). The van der Waals surface area contributed by atoms with Crippen LogP contribution in [0.25, 0.3) is 0 Å². The third-order valence-electron chi connectivity index (χ3n) is 3.57. The van der Waals surface area contributed by atoms with E-state index in [4.69, 9.17) is 5.73 Å². The summed E-state index contributed by atoms with van der Waals surface area (Å²) >= 11 is 3.50. The molecule has 2 N–H and O–H groups in total. The zero-order valence-corrected chi connectivity index (χ0v) is 13.6. The number of nitrogens with two attached hydrogens (primary N) is 1. The second-order valence-corrected chi connectivity index (χ2v) is 6.20. The minimum Gasteiger partial charge on any atom is -0.324 e. The molecule has 0 bridgehead atoms. The second-order valence-electron chi connectivity index (χ2n) is 5.29. The van der Waals surface area contributed by atoms with E-state index in [0.717, 1.165) is 17.3 Å². The Balaban J connectivity index is 2.00. The molecule has 0 aliphatic rings. The fourth-order valence-electron chi connectivity index (χ4n) is 2.35. The summed E-state index contributed by atoms with van der Waals surface area (Å²) in [5.41, 5.74) is 10.2. The molecule has 106 valence electrons. The average Bonchev–Trinajstić information content (AvgIpc) is 2.45. The van der Waals surface area contributed by atoms with E-state index in [1.807, 2.05) is 6.07 Å². The molecule has 1 atom stereocenters. The molecule has 2 aromatic rings. The van der Waals surface area contributed by atoms with Gasteiger partial charge in [-0.3, -0.25) is 0 Å². The maximum atomic E-state index is 6.31. The van der Waals surface area contributed by atoms with E-state index >= 15 is 0 Å². The van der Waals surface area contributed by atoms with Crippen molar-refractivity contribution in [2.24, 2.45) is 5.73 Å². The van der Waals surface area contributed by atoms with Crippen LogP contribution in [0.2, 0.25) is 0 Å². The highest BCUT2D eigenvalue weighted by Crippen LogP contribution is 2.19. The SMILES string of the molecule is CCCCc1ccc(C(N)Cc2cccc(Br)c2)cc1. The van der Waals surface area contributed by atoms with Gasteiger partial charge in [0, 0.05) is 10.5 Å². The number of aryl methyl sites for hydroxylation is 1. The van der Waals surface area contributed by atoms with Gasteiger partial charge in [-0.1, -0.05) is 65.7 Å². The maximum absolute atomic E-state index is 6.31. The van der Waals surface area contributed by atoms with Gasteiger partial charge in [0.25, 0.3) is 0 Å². The van der Waals surface area contributed by atoms with Crippen LogP contribution in [0.3, 0.4) is 0 Å². The average molecular weight is 332 g/mol. The minimum absolute atomic E-state index is 0.0597. The zero-order chi connectivity index (χ0) is 14.4. The molecule has 1 unspecified atom stereocenters. The standard InChI is InChI=1S/C18H22BrN/c1-2-3-5-14-8-10-16(11-9-14)18(20)13-15-6-4-7-17(19)12-15/h4,6-12,18H,2-3,5,13,20H2,1H3. The summed E-state index contributed by atoms with van der Waals surface area (Å²) in [6.07, 6.45) is 4.53. The predicted molar refractivity (Wildman–Crippen MR) is 89.8 cm³/mol. The van der Waals surface area contributed by atoms with Crippen molar-refractivity contribution >= 4 is 15.9 Å². The molecular weight excluding hydrogens is 310 g/mol. The fraction of sp³-hybridized carbons (Fsp3) is 0.333. The normalized spacial score (nSPS) is 12.3. The van der Waals surface area contributed by atoms with E-state index in [9.17, 15) is 0 Å². The molecule has 0 fully saturated rings. The van der Waals surface area contributed by atoms with Gasteiger partial charge in [0.15, 0.2) is 0 Å². The monoisotopic (exact) mass is 331 g/mol. The lowest BCUT2D eigenvalue weighted by atomic mass is 9.98. The van der Waals surface area contributed by atoms with Gasteiger partial charge in [-0.25, -0.2) is 0 Å². The van der Waals surface area contributed by atoms with Gasteiger partial charge < -0.3 is 5.73 Å². The Morgan fingerprint density at radius 1 is 1.05 bits per heavy atom. The Bertz CT molecular complexity index is 533. The van der Waals surface area contributed by atoms with E-state index in [1.54, 1.807) is 0 Å². The molecule has 0 aliphatic carbocycles. The first kappa shape index (κ1) is 15.3. The van der Waals surface area contributed by atoms with E-state index in [2.05, 4.69) is 65.3 Å². The third kappa shape index (κ3) is 4.46. The summed E-state index contributed by atoms with van der Waals surface area (Å²) in [5.74, 6) is 0. The Kier molecular flexibility index (Phi) is 5.81. The molecule has 0 aromatic heterocycles. The third-order valence-corrected chi connectivity index (χ3v) is 4.06. The summed E-state index contributed by atoms with van der Waals surface area (Å²) in [5, 5.41) is 0. The first-order valence-electron chi connectivity index (χ1n) is 7.28. The van der Waals surface area contributed by atoms with Crippen LogP contribution in [0.15, 0.2) is 53.0 Å². The minimum atomic E-state index is 0.0597. The van der Waals surface area contributed by atoms with Crippen LogP contribution < -0.4 is 5.73 Å². The number of rotatable bonds is 6. The van der Waals surface area contributed by atoms with Crippen molar-refractivity contribution in [2.75, 3.05) is 0 Å². The van der Waals surface area contributed by atoms with Gasteiger partial charge in [0.2, 0.25) is 0 Å². The number of hydrogen-bond donors (Lipinski definition) is 1. The maximum Gasteiger partial charge on any atom is 0.0335 e. The molecule has 0 heterocycles. The fourth-order valence-corrected chi connectivity index (χ4v) is 2.79. The molecule has 0 aliphatic heterocycles. The molecule has 0 spiro atoms. The van der Waals surface area contributed by atoms with Gasteiger partial charge in [-0.2, -0.15) is 0 Å². The van der Waals surface area contributed by atoms with Gasteiger partial charge in [-0.05, 0) is 48.1 Å². The van der Waals surface area contributed by atoms with Crippen LogP contribution in [-0.4, -0.2) is 0 Å². The Morgan fingerprint density at radius 2 is 1.80 bits per heavy atom. The summed E-state index contributed by atoms with van der Waals surface area (Å²) < 4.78 is 1.11. The van der Waals surface area contributed by atoms with E-state index in [1.165, 1.54) is 29.5 Å². The number of benzene rings is 2. The van der Waals surface area contributed by atoms with E-state index in [0.29, 0.717) is 0 Å². The molecule has 2 aromatic carbocycles. The quantitative estimate of drug-likeness (QED) is 0.788. The van der Waals surface area contributed by atoms with Crippen LogP contribution in [0.4, 0.5) is 0 Å². The first-order valence-corrected chi connectivity index (χ1v) is 8.07. The summed E-state index contributed by atoms with van der Waals surface area (Å²) in [4.78, 5) is 0. The topological polar surface area (TPSA) is 26.0 Å². The summed E-state index contributed by atoms with van der Waals surface area (Å²) in [6, 6.07) is 17.2. The highest BCUT2D eigenvalue weighted by atomic mass is 79.9. The molecule has 1 nitrogen and oxygen atoms in total. The number of unbranched alkanes of at least 4 members (excludes halogenated alkanes) is 1. The van der Waals surface area contributed by atoms with Crippen LogP contribution in [0.1, 0.15) is 42.5 Å². The largest absolute Gasteiger partial charge is 0.324 e. The van der Waals surface area contributed by atoms with Gasteiger partial charge >= 0.3 is 0 Å². The van der Waals surface area contributed by atoms with Crippen molar-refractivity contribution in [2.45, 2.75) is 38.6 Å². The van der Waals surface area contributed by atoms with Crippen LogP contribution in [0, 0.1) is 0 Å².